The Bertz CT molecular complexity index is 261. The molecule has 0 amide bonds. The van der Waals surface area contributed by atoms with E-state index in [-0.39, 0.29) is 17.8 Å². The zero-order valence-corrected chi connectivity index (χ0v) is 13.1. The zero-order chi connectivity index (χ0) is 13.7. The Labute approximate surface area is 121 Å². The summed E-state index contributed by atoms with van der Waals surface area (Å²) in [5.74, 6) is 2.74. The van der Waals surface area contributed by atoms with Gasteiger partial charge in [-0.05, 0) is 49.5 Å². The third kappa shape index (κ3) is 3.87. The molecule has 19 heavy (non-hydrogen) atoms. The first-order chi connectivity index (χ1) is 9.21. The van der Waals surface area contributed by atoms with Crippen LogP contribution in [0.25, 0.3) is 0 Å². The van der Waals surface area contributed by atoms with Crippen LogP contribution in [0.4, 0.5) is 0 Å². The molecular formula is C15H28O3S. The summed E-state index contributed by atoms with van der Waals surface area (Å²) in [5, 5.41) is 10.6. The van der Waals surface area contributed by atoms with Crippen LogP contribution in [0.15, 0.2) is 0 Å². The molecule has 0 aromatic rings. The molecule has 0 saturated carbocycles. The lowest BCUT2D eigenvalue weighted by Crippen LogP contribution is -2.48. The fraction of sp³-hybridized carbons (Fsp3) is 1.00. The van der Waals surface area contributed by atoms with Crippen molar-refractivity contribution in [2.24, 2.45) is 5.92 Å². The SMILES string of the molecule is CCCC(OC)C(O)C1CCOC2(CCSCC2)C1. The highest BCUT2D eigenvalue weighted by Crippen LogP contribution is 2.41. The van der Waals surface area contributed by atoms with Gasteiger partial charge in [0.05, 0.1) is 17.8 Å². The topological polar surface area (TPSA) is 38.7 Å². The molecule has 0 aromatic carbocycles. The maximum Gasteiger partial charge on any atom is 0.0832 e. The summed E-state index contributed by atoms with van der Waals surface area (Å²) in [7, 11) is 1.72. The van der Waals surface area contributed by atoms with E-state index in [2.05, 4.69) is 6.92 Å². The largest absolute Gasteiger partial charge is 0.390 e. The first-order valence-electron chi connectivity index (χ1n) is 7.63. The predicted molar refractivity (Wildman–Crippen MR) is 79.7 cm³/mol. The molecule has 2 aliphatic rings. The third-order valence-electron chi connectivity index (χ3n) is 4.67. The molecule has 4 heteroatoms. The highest BCUT2D eigenvalue weighted by atomic mass is 32.2. The number of methoxy groups -OCH3 is 1. The van der Waals surface area contributed by atoms with Gasteiger partial charge in [0.25, 0.3) is 0 Å². The van der Waals surface area contributed by atoms with Crippen molar-refractivity contribution in [2.75, 3.05) is 25.2 Å². The highest BCUT2D eigenvalue weighted by molar-refractivity contribution is 7.99. The number of thioether (sulfide) groups is 1. The van der Waals surface area contributed by atoms with E-state index in [9.17, 15) is 5.11 Å². The fourth-order valence-electron chi connectivity index (χ4n) is 3.47. The van der Waals surface area contributed by atoms with Gasteiger partial charge in [-0.15, -0.1) is 0 Å². The minimum absolute atomic E-state index is 0.0110. The molecule has 112 valence electrons. The molecule has 3 nitrogen and oxygen atoms in total. The van der Waals surface area contributed by atoms with Crippen molar-refractivity contribution in [1.82, 2.24) is 0 Å². The second-order valence-corrected chi connectivity index (χ2v) is 7.17. The lowest BCUT2D eigenvalue weighted by Gasteiger charge is -2.45. The zero-order valence-electron chi connectivity index (χ0n) is 12.3. The van der Waals surface area contributed by atoms with E-state index in [0.717, 1.165) is 45.1 Å². The van der Waals surface area contributed by atoms with Crippen molar-refractivity contribution in [3.05, 3.63) is 0 Å². The highest BCUT2D eigenvalue weighted by Gasteiger charge is 2.42. The summed E-state index contributed by atoms with van der Waals surface area (Å²) in [6.45, 7) is 2.94. The number of hydrogen-bond donors (Lipinski definition) is 1. The van der Waals surface area contributed by atoms with Gasteiger partial charge in [0.2, 0.25) is 0 Å². The Morgan fingerprint density at radius 3 is 2.79 bits per heavy atom. The minimum Gasteiger partial charge on any atom is -0.390 e. The normalized spacial score (nSPS) is 30.2. The van der Waals surface area contributed by atoms with Gasteiger partial charge in [-0.3, -0.25) is 0 Å². The van der Waals surface area contributed by atoms with E-state index in [4.69, 9.17) is 9.47 Å². The standard InChI is InChI=1S/C15H28O3S/c1-3-4-13(17-2)14(16)12-5-8-18-15(11-12)6-9-19-10-7-15/h12-14,16H,3-11H2,1-2H3. The predicted octanol–water partition coefficient (Wildman–Crippen LogP) is 2.85. The number of ether oxygens (including phenoxy) is 2. The molecule has 2 fully saturated rings. The summed E-state index contributed by atoms with van der Waals surface area (Å²) in [6.07, 6.45) is 5.93. The average Bonchev–Trinajstić information content (AvgIpc) is 2.45. The smallest absolute Gasteiger partial charge is 0.0832 e. The van der Waals surface area contributed by atoms with Crippen molar-refractivity contribution in [3.63, 3.8) is 0 Å². The van der Waals surface area contributed by atoms with Crippen LogP contribution in [-0.2, 0) is 9.47 Å². The average molecular weight is 288 g/mol. The van der Waals surface area contributed by atoms with Crippen molar-refractivity contribution >= 4 is 11.8 Å². The van der Waals surface area contributed by atoms with E-state index >= 15 is 0 Å². The van der Waals surface area contributed by atoms with Crippen LogP contribution in [-0.4, -0.2) is 48.1 Å². The number of rotatable bonds is 5. The fourth-order valence-corrected chi connectivity index (χ4v) is 4.70. The second-order valence-electron chi connectivity index (χ2n) is 5.95. The van der Waals surface area contributed by atoms with Crippen LogP contribution >= 0.6 is 11.8 Å². The summed E-state index contributed by atoms with van der Waals surface area (Å²) in [5.41, 5.74) is 0.0552. The van der Waals surface area contributed by atoms with Gasteiger partial charge in [-0.1, -0.05) is 13.3 Å². The van der Waals surface area contributed by atoms with Crippen LogP contribution in [0.5, 0.6) is 0 Å². The van der Waals surface area contributed by atoms with Crippen LogP contribution in [0.1, 0.15) is 45.4 Å². The van der Waals surface area contributed by atoms with E-state index in [1.54, 1.807) is 7.11 Å². The van der Waals surface area contributed by atoms with Gasteiger partial charge < -0.3 is 14.6 Å². The monoisotopic (exact) mass is 288 g/mol. The lowest BCUT2D eigenvalue weighted by atomic mass is 9.78. The molecule has 3 unspecified atom stereocenters. The first-order valence-corrected chi connectivity index (χ1v) is 8.79. The molecule has 1 N–H and O–H groups in total. The summed E-state index contributed by atoms with van der Waals surface area (Å²) in [6, 6.07) is 0. The first kappa shape index (κ1) is 15.6. The molecule has 3 atom stereocenters. The quantitative estimate of drug-likeness (QED) is 0.844. The molecule has 2 aliphatic heterocycles. The van der Waals surface area contributed by atoms with Crippen LogP contribution in [0.2, 0.25) is 0 Å². The summed E-state index contributed by atoms with van der Waals surface area (Å²) >= 11 is 2.02. The van der Waals surface area contributed by atoms with Crippen molar-refractivity contribution in [1.29, 1.82) is 0 Å². The number of aliphatic hydroxyl groups is 1. The Morgan fingerprint density at radius 1 is 1.42 bits per heavy atom. The van der Waals surface area contributed by atoms with Crippen molar-refractivity contribution in [2.45, 2.75) is 63.3 Å². The Balaban J connectivity index is 1.95. The maximum absolute atomic E-state index is 10.6. The third-order valence-corrected chi connectivity index (χ3v) is 5.66. The number of hydrogen-bond acceptors (Lipinski definition) is 4. The molecular weight excluding hydrogens is 260 g/mol. The summed E-state index contributed by atoms with van der Waals surface area (Å²) in [4.78, 5) is 0. The molecule has 2 heterocycles. The van der Waals surface area contributed by atoms with Gasteiger partial charge in [-0.2, -0.15) is 11.8 Å². The molecule has 1 spiro atoms. The molecule has 2 saturated heterocycles. The Kier molecular flexibility index (Phi) is 6.00. The second kappa shape index (κ2) is 7.30. The maximum atomic E-state index is 10.6. The Morgan fingerprint density at radius 2 is 2.16 bits per heavy atom. The van der Waals surface area contributed by atoms with E-state index in [0.29, 0.717) is 5.92 Å². The number of aliphatic hydroxyl groups excluding tert-OH is 1. The van der Waals surface area contributed by atoms with Gasteiger partial charge in [0.15, 0.2) is 0 Å². The Hall–Kier alpha value is 0.230. The van der Waals surface area contributed by atoms with Crippen molar-refractivity contribution in [3.8, 4) is 0 Å². The molecule has 0 bridgehead atoms. The lowest BCUT2D eigenvalue weighted by molar-refractivity contribution is -0.139. The van der Waals surface area contributed by atoms with Crippen LogP contribution in [0, 0.1) is 5.92 Å². The van der Waals surface area contributed by atoms with E-state index in [1.807, 2.05) is 11.8 Å². The molecule has 0 aromatic heterocycles. The summed E-state index contributed by atoms with van der Waals surface area (Å²) < 4.78 is 11.6. The van der Waals surface area contributed by atoms with Gasteiger partial charge in [-0.25, -0.2) is 0 Å². The van der Waals surface area contributed by atoms with E-state index < -0.39 is 0 Å². The van der Waals surface area contributed by atoms with E-state index in [1.165, 1.54) is 11.5 Å². The molecule has 0 radical (unpaired) electrons. The molecule has 0 aliphatic carbocycles. The van der Waals surface area contributed by atoms with Gasteiger partial charge in [0.1, 0.15) is 0 Å². The van der Waals surface area contributed by atoms with Gasteiger partial charge >= 0.3 is 0 Å². The van der Waals surface area contributed by atoms with Crippen LogP contribution < -0.4 is 0 Å². The minimum atomic E-state index is -0.333. The molecule has 2 rings (SSSR count). The van der Waals surface area contributed by atoms with Gasteiger partial charge in [0, 0.05) is 13.7 Å². The van der Waals surface area contributed by atoms with Crippen LogP contribution in [0.3, 0.4) is 0 Å². The van der Waals surface area contributed by atoms with Crippen molar-refractivity contribution < 1.29 is 14.6 Å².